The van der Waals surface area contributed by atoms with E-state index in [-0.39, 0.29) is 12.4 Å². The lowest BCUT2D eigenvalue weighted by molar-refractivity contribution is -0.137. The monoisotopic (exact) mass is 287 g/mol. The molecule has 1 aromatic carbocycles. The largest absolute Gasteiger partial charge is 0.496 e. The lowest BCUT2D eigenvalue weighted by Crippen LogP contribution is -2.14. The Morgan fingerprint density at radius 2 is 2.10 bits per heavy atom. The topological polar surface area (TPSA) is 78.8 Å². The summed E-state index contributed by atoms with van der Waals surface area (Å²) in [4.78, 5) is 0. The van der Waals surface area contributed by atoms with Crippen LogP contribution in [0.3, 0.4) is 0 Å². The number of methoxy groups -OCH3 is 1. The van der Waals surface area contributed by atoms with E-state index in [1.807, 2.05) is 0 Å². The lowest BCUT2D eigenvalue weighted by atomic mass is 10.1. The van der Waals surface area contributed by atoms with E-state index in [1.54, 1.807) is 18.2 Å². The van der Waals surface area contributed by atoms with Crippen LogP contribution < -0.4 is 10.5 Å². The van der Waals surface area contributed by atoms with Gasteiger partial charge in [-0.2, -0.15) is 13.2 Å². The molecule has 2 aromatic rings. The number of halogens is 3. The first kappa shape index (κ1) is 14.1. The third-order valence-electron chi connectivity index (χ3n) is 2.60. The smallest absolute Gasteiger partial charge is 0.390 e. The van der Waals surface area contributed by atoms with Crippen molar-refractivity contribution in [2.45, 2.75) is 19.1 Å². The van der Waals surface area contributed by atoms with Crippen molar-refractivity contribution in [1.82, 2.24) is 20.2 Å². The summed E-state index contributed by atoms with van der Waals surface area (Å²) >= 11 is 0. The Bertz CT molecular complexity index is 596. The van der Waals surface area contributed by atoms with E-state index in [0.717, 1.165) is 4.68 Å². The molecular weight excluding hydrogens is 275 g/mol. The molecule has 0 saturated carbocycles. The van der Waals surface area contributed by atoms with Gasteiger partial charge in [0.1, 0.15) is 5.75 Å². The second-order valence-electron chi connectivity index (χ2n) is 4.05. The van der Waals surface area contributed by atoms with E-state index in [4.69, 9.17) is 10.5 Å². The first-order valence-corrected chi connectivity index (χ1v) is 5.67. The molecule has 2 N–H and O–H groups in total. The molecular formula is C11H12F3N5O. The van der Waals surface area contributed by atoms with Crippen molar-refractivity contribution < 1.29 is 17.9 Å². The van der Waals surface area contributed by atoms with Crippen LogP contribution in [0.15, 0.2) is 18.2 Å². The highest BCUT2D eigenvalue weighted by Crippen LogP contribution is 2.30. The molecule has 0 aliphatic heterocycles. The number of hydrogen-bond acceptors (Lipinski definition) is 5. The number of nitrogens with zero attached hydrogens (tertiary/aromatic N) is 4. The molecule has 0 aliphatic carbocycles. The fraction of sp³-hybridized carbons (Fsp3) is 0.364. The van der Waals surface area contributed by atoms with Crippen molar-refractivity contribution in [3.05, 3.63) is 18.2 Å². The average Bonchev–Trinajstić information content (AvgIpc) is 2.83. The Morgan fingerprint density at radius 1 is 1.35 bits per heavy atom. The summed E-state index contributed by atoms with van der Waals surface area (Å²) < 4.78 is 43.0. The average molecular weight is 287 g/mol. The van der Waals surface area contributed by atoms with Crippen LogP contribution in [0.4, 0.5) is 18.9 Å². The van der Waals surface area contributed by atoms with Crippen LogP contribution in [0, 0.1) is 0 Å². The molecule has 0 unspecified atom stereocenters. The number of hydrogen-bond donors (Lipinski definition) is 1. The van der Waals surface area contributed by atoms with E-state index in [2.05, 4.69) is 15.5 Å². The van der Waals surface area contributed by atoms with Crippen LogP contribution in [-0.4, -0.2) is 33.5 Å². The molecule has 0 fully saturated rings. The predicted octanol–water partition coefficient (Wildman–Crippen LogP) is 1.88. The quantitative estimate of drug-likeness (QED) is 0.869. The van der Waals surface area contributed by atoms with Gasteiger partial charge in [0.15, 0.2) is 5.82 Å². The molecule has 2 rings (SSSR count). The maximum atomic E-state index is 12.3. The second kappa shape index (κ2) is 5.35. The molecule has 108 valence electrons. The van der Waals surface area contributed by atoms with Gasteiger partial charge < -0.3 is 10.5 Å². The number of ether oxygens (including phenoxy) is 1. The zero-order chi connectivity index (χ0) is 14.8. The van der Waals surface area contributed by atoms with Gasteiger partial charge in [0.25, 0.3) is 0 Å². The molecule has 0 atom stereocenters. The first-order chi connectivity index (χ1) is 9.40. The third kappa shape index (κ3) is 3.16. The molecule has 0 amide bonds. The summed E-state index contributed by atoms with van der Waals surface area (Å²) in [5.41, 5.74) is 6.55. The van der Waals surface area contributed by atoms with Crippen molar-refractivity contribution in [1.29, 1.82) is 0 Å². The van der Waals surface area contributed by atoms with Gasteiger partial charge in [-0.3, -0.25) is 0 Å². The Morgan fingerprint density at radius 3 is 2.75 bits per heavy atom. The van der Waals surface area contributed by atoms with Crippen molar-refractivity contribution >= 4 is 5.69 Å². The highest BCUT2D eigenvalue weighted by molar-refractivity contribution is 5.68. The Balaban J connectivity index is 2.34. The van der Waals surface area contributed by atoms with Gasteiger partial charge >= 0.3 is 6.18 Å². The van der Waals surface area contributed by atoms with Crippen LogP contribution >= 0.6 is 0 Å². The van der Waals surface area contributed by atoms with Crippen molar-refractivity contribution in [3.63, 3.8) is 0 Å². The molecule has 0 saturated heterocycles. The first-order valence-electron chi connectivity index (χ1n) is 5.67. The Labute approximate surface area is 112 Å². The normalized spacial score (nSPS) is 11.6. The molecule has 0 radical (unpaired) electrons. The highest BCUT2D eigenvalue weighted by atomic mass is 19.4. The summed E-state index contributed by atoms with van der Waals surface area (Å²) in [5.74, 6) is 0.612. The number of rotatable bonds is 4. The van der Waals surface area contributed by atoms with E-state index in [1.165, 1.54) is 7.11 Å². The van der Waals surface area contributed by atoms with Crippen LogP contribution in [0.2, 0.25) is 0 Å². The summed E-state index contributed by atoms with van der Waals surface area (Å²) in [6.07, 6.45) is -5.29. The number of alkyl halides is 3. The number of tetrazole rings is 1. The van der Waals surface area contributed by atoms with Gasteiger partial charge in [-0.15, -0.1) is 5.10 Å². The van der Waals surface area contributed by atoms with E-state index in [0.29, 0.717) is 17.0 Å². The molecule has 0 bridgehead atoms. The summed E-state index contributed by atoms with van der Waals surface area (Å²) in [6.45, 7) is -0.371. The minimum absolute atomic E-state index is 0.179. The van der Waals surface area contributed by atoms with Crippen LogP contribution in [0.25, 0.3) is 11.4 Å². The van der Waals surface area contributed by atoms with Crippen molar-refractivity contribution in [3.8, 4) is 17.1 Å². The van der Waals surface area contributed by atoms with Crippen LogP contribution in [0.5, 0.6) is 5.75 Å². The summed E-state index contributed by atoms with van der Waals surface area (Å²) in [5, 5.41) is 10.7. The SMILES string of the molecule is COc1ccc(N)cc1-c1nnnn1CCC(F)(F)F. The van der Waals surface area contributed by atoms with Gasteiger partial charge in [-0.1, -0.05) is 0 Å². The summed E-state index contributed by atoms with van der Waals surface area (Å²) in [7, 11) is 1.44. The van der Waals surface area contributed by atoms with Gasteiger partial charge in [-0.05, 0) is 28.6 Å². The van der Waals surface area contributed by atoms with Gasteiger partial charge in [0.2, 0.25) is 0 Å². The third-order valence-corrected chi connectivity index (χ3v) is 2.60. The zero-order valence-corrected chi connectivity index (χ0v) is 10.6. The standard InChI is InChI=1S/C11H12F3N5O/c1-20-9-3-2-7(15)6-8(9)10-16-17-18-19(10)5-4-11(12,13)14/h2-3,6H,4-5,15H2,1H3. The molecule has 0 spiro atoms. The maximum absolute atomic E-state index is 12.3. The van der Waals surface area contributed by atoms with E-state index < -0.39 is 12.6 Å². The van der Waals surface area contributed by atoms with E-state index in [9.17, 15) is 13.2 Å². The maximum Gasteiger partial charge on any atom is 0.390 e. The van der Waals surface area contributed by atoms with Crippen molar-refractivity contribution in [2.24, 2.45) is 0 Å². The number of nitrogens with two attached hydrogens (primary N) is 1. The fourth-order valence-electron chi connectivity index (χ4n) is 1.68. The minimum atomic E-state index is -4.27. The number of aryl methyl sites for hydroxylation is 1. The molecule has 1 heterocycles. The van der Waals surface area contributed by atoms with Gasteiger partial charge in [-0.25, -0.2) is 4.68 Å². The zero-order valence-electron chi connectivity index (χ0n) is 10.6. The molecule has 1 aromatic heterocycles. The number of aromatic nitrogens is 4. The molecule has 9 heteroatoms. The minimum Gasteiger partial charge on any atom is -0.496 e. The second-order valence-corrected chi connectivity index (χ2v) is 4.05. The number of nitrogen functional groups attached to an aromatic ring is 1. The number of anilines is 1. The Hall–Kier alpha value is -2.32. The predicted molar refractivity (Wildman–Crippen MR) is 64.9 cm³/mol. The lowest BCUT2D eigenvalue weighted by Gasteiger charge is -2.10. The molecule has 0 aliphatic rings. The van der Waals surface area contributed by atoms with Gasteiger partial charge in [0, 0.05) is 5.69 Å². The van der Waals surface area contributed by atoms with Gasteiger partial charge in [0.05, 0.1) is 25.6 Å². The van der Waals surface area contributed by atoms with E-state index >= 15 is 0 Å². The fourth-order valence-corrected chi connectivity index (χ4v) is 1.68. The number of benzene rings is 1. The van der Waals surface area contributed by atoms with Crippen LogP contribution in [0.1, 0.15) is 6.42 Å². The van der Waals surface area contributed by atoms with Crippen LogP contribution in [-0.2, 0) is 6.54 Å². The molecule has 6 nitrogen and oxygen atoms in total. The van der Waals surface area contributed by atoms with Crippen molar-refractivity contribution in [2.75, 3.05) is 12.8 Å². The highest BCUT2D eigenvalue weighted by Gasteiger charge is 2.28. The summed E-state index contributed by atoms with van der Waals surface area (Å²) in [6, 6.07) is 4.77. The molecule has 20 heavy (non-hydrogen) atoms. The Kier molecular flexibility index (Phi) is 3.77.